The summed E-state index contributed by atoms with van der Waals surface area (Å²) < 4.78 is 6.61. The molecule has 3 nitrogen and oxygen atoms in total. The zero-order valence-electron chi connectivity index (χ0n) is 12.3. The third-order valence-electron chi connectivity index (χ3n) is 2.80. The molecule has 0 unspecified atom stereocenters. The molecule has 0 spiro atoms. The van der Waals surface area contributed by atoms with Gasteiger partial charge in [-0.15, -0.1) is 11.3 Å². The quantitative estimate of drug-likeness (QED) is 0.674. The standard InChI is InChI=1S/C16H18BrNO2S2/c1-12-3-2-4-13(9-12)20-10-16(19)18-7-8-21-11-14-5-6-15(17)22-14/h2-6,9H,7-8,10-11H2,1H3,(H,18,19). The summed E-state index contributed by atoms with van der Waals surface area (Å²) in [6, 6.07) is 11.9. The van der Waals surface area contributed by atoms with Crippen molar-refractivity contribution in [3.8, 4) is 5.75 Å². The third kappa shape index (κ3) is 6.42. The molecule has 1 heterocycles. The van der Waals surface area contributed by atoms with E-state index in [4.69, 9.17) is 4.74 Å². The highest BCUT2D eigenvalue weighted by Gasteiger charge is 2.03. The van der Waals surface area contributed by atoms with Crippen LogP contribution in [0.4, 0.5) is 0 Å². The van der Waals surface area contributed by atoms with E-state index in [-0.39, 0.29) is 12.5 Å². The second kappa shape index (κ2) is 9.22. The molecule has 1 aromatic heterocycles. The molecule has 0 fully saturated rings. The number of aryl methyl sites for hydroxylation is 1. The van der Waals surface area contributed by atoms with Crippen LogP contribution in [-0.2, 0) is 10.5 Å². The van der Waals surface area contributed by atoms with Gasteiger partial charge in [-0.3, -0.25) is 4.79 Å². The lowest BCUT2D eigenvalue weighted by molar-refractivity contribution is -0.122. The average Bonchev–Trinajstić information content (AvgIpc) is 2.90. The van der Waals surface area contributed by atoms with E-state index in [1.54, 1.807) is 11.3 Å². The van der Waals surface area contributed by atoms with E-state index < -0.39 is 0 Å². The Morgan fingerprint density at radius 1 is 1.36 bits per heavy atom. The summed E-state index contributed by atoms with van der Waals surface area (Å²) in [7, 11) is 0. The Morgan fingerprint density at radius 3 is 2.95 bits per heavy atom. The van der Waals surface area contributed by atoms with E-state index in [0.717, 1.165) is 26.6 Å². The summed E-state index contributed by atoms with van der Waals surface area (Å²) in [5.74, 6) is 2.52. The highest BCUT2D eigenvalue weighted by atomic mass is 79.9. The Balaban J connectivity index is 1.56. The molecule has 118 valence electrons. The van der Waals surface area contributed by atoms with E-state index in [2.05, 4.69) is 33.4 Å². The lowest BCUT2D eigenvalue weighted by atomic mass is 10.2. The maximum absolute atomic E-state index is 11.7. The Bertz CT molecular complexity index is 616. The normalized spacial score (nSPS) is 10.5. The van der Waals surface area contributed by atoms with Gasteiger partial charge in [-0.25, -0.2) is 0 Å². The number of hydrogen-bond donors (Lipinski definition) is 1. The molecular weight excluding hydrogens is 382 g/mol. The number of halogens is 1. The van der Waals surface area contributed by atoms with Crippen molar-refractivity contribution in [1.29, 1.82) is 0 Å². The Hall–Kier alpha value is -0.980. The number of benzene rings is 1. The maximum Gasteiger partial charge on any atom is 0.257 e. The largest absolute Gasteiger partial charge is 0.484 e. The van der Waals surface area contributed by atoms with Crippen LogP contribution < -0.4 is 10.1 Å². The van der Waals surface area contributed by atoms with Crippen LogP contribution in [-0.4, -0.2) is 24.8 Å². The first-order valence-corrected chi connectivity index (χ1v) is 9.68. The van der Waals surface area contributed by atoms with Gasteiger partial charge in [-0.1, -0.05) is 12.1 Å². The lowest BCUT2D eigenvalue weighted by Crippen LogP contribution is -2.30. The van der Waals surface area contributed by atoms with Crippen LogP contribution in [0.25, 0.3) is 0 Å². The van der Waals surface area contributed by atoms with Gasteiger partial charge in [0.15, 0.2) is 6.61 Å². The fourth-order valence-corrected chi connectivity index (χ4v) is 4.22. The number of nitrogens with one attached hydrogen (secondary N) is 1. The van der Waals surface area contributed by atoms with Gasteiger partial charge in [0.05, 0.1) is 3.79 Å². The summed E-state index contributed by atoms with van der Waals surface area (Å²) >= 11 is 7.01. The molecule has 0 bridgehead atoms. The number of amides is 1. The first-order chi connectivity index (χ1) is 10.6. The lowest BCUT2D eigenvalue weighted by Gasteiger charge is -2.07. The molecule has 0 saturated heterocycles. The van der Waals surface area contributed by atoms with Crippen LogP contribution in [0.1, 0.15) is 10.4 Å². The average molecular weight is 400 g/mol. The SMILES string of the molecule is Cc1cccc(OCC(=O)NCCSCc2ccc(Br)s2)c1. The first-order valence-electron chi connectivity index (χ1n) is 6.91. The molecule has 0 aliphatic heterocycles. The first kappa shape index (κ1) is 17.4. The van der Waals surface area contributed by atoms with Crippen LogP contribution in [0.3, 0.4) is 0 Å². The van der Waals surface area contributed by atoms with Gasteiger partial charge in [0.2, 0.25) is 0 Å². The third-order valence-corrected chi connectivity index (χ3v) is 5.62. The van der Waals surface area contributed by atoms with Crippen LogP contribution in [0, 0.1) is 6.92 Å². The molecule has 1 aromatic carbocycles. The molecular formula is C16H18BrNO2S2. The minimum atomic E-state index is -0.0824. The monoisotopic (exact) mass is 399 g/mol. The summed E-state index contributed by atoms with van der Waals surface area (Å²) in [6.07, 6.45) is 0. The summed E-state index contributed by atoms with van der Waals surface area (Å²) in [5, 5.41) is 2.87. The number of rotatable bonds is 8. The second-order valence-electron chi connectivity index (χ2n) is 4.71. The molecule has 2 rings (SSSR count). The maximum atomic E-state index is 11.7. The molecule has 6 heteroatoms. The van der Waals surface area contributed by atoms with E-state index >= 15 is 0 Å². The summed E-state index contributed by atoms with van der Waals surface area (Å²) in [5.41, 5.74) is 1.12. The van der Waals surface area contributed by atoms with Crippen molar-refractivity contribution < 1.29 is 9.53 Å². The van der Waals surface area contributed by atoms with E-state index in [1.165, 1.54) is 4.88 Å². The topological polar surface area (TPSA) is 38.3 Å². The smallest absolute Gasteiger partial charge is 0.257 e. The number of thioether (sulfide) groups is 1. The van der Waals surface area contributed by atoms with Crippen LogP contribution in [0.15, 0.2) is 40.2 Å². The highest BCUT2D eigenvalue weighted by Crippen LogP contribution is 2.25. The molecule has 0 aliphatic carbocycles. The number of hydrogen-bond acceptors (Lipinski definition) is 4. The Morgan fingerprint density at radius 2 is 2.23 bits per heavy atom. The van der Waals surface area contributed by atoms with Crippen molar-refractivity contribution in [2.75, 3.05) is 18.9 Å². The number of carbonyl (C=O) groups excluding carboxylic acids is 1. The van der Waals surface area contributed by atoms with Crippen molar-refractivity contribution in [1.82, 2.24) is 5.32 Å². The van der Waals surface area contributed by atoms with Crippen molar-refractivity contribution in [3.05, 3.63) is 50.6 Å². The van der Waals surface area contributed by atoms with Crippen molar-refractivity contribution in [2.45, 2.75) is 12.7 Å². The van der Waals surface area contributed by atoms with Crippen molar-refractivity contribution >= 4 is 44.9 Å². The number of ether oxygens (including phenoxy) is 1. The van der Waals surface area contributed by atoms with Gasteiger partial charge in [-0.2, -0.15) is 11.8 Å². The molecule has 1 amide bonds. The molecule has 0 atom stereocenters. The van der Waals surface area contributed by atoms with Crippen LogP contribution in [0.5, 0.6) is 5.75 Å². The molecule has 0 saturated carbocycles. The van der Waals surface area contributed by atoms with Gasteiger partial charge in [0, 0.05) is 22.9 Å². The summed E-state index contributed by atoms with van der Waals surface area (Å²) in [6.45, 7) is 2.72. The molecule has 2 aromatic rings. The van der Waals surface area contributed by atoms with Gasteiger partial charge in [0.1, 0.15) is 5.75 Å². The Labute approximate surface area is 147 Å². The zero-order valence-corrected chi connectivity index (χ0v) is 15.5. The molecule has 1 N–H and O–H groups in total. The molecule has 0 aliphatic rings. The van der Waals surface area contributed by atoms with Crippen molar-refractivity contribution in [3.63, 3.8) is 0 Å². The molecule has 0 radical (unpaired) electrons. The van der Waals surface area contributed by atoms with E-state index in [9.17, 15) is 4.79 Å². The predicted molar refractivity (Wildman–Crippen MR) is 97.9 cm³/mol. The van der Waals surface area contributed by atoms with Gasteiger partial charge >= 0.3 is 0 Å². The van der Waals surface area contributed by atoms with Gasteiger partial charge in [0.25, 0.3) is 5.91 Å². The van der Waals surface area contributed by atoms with Crippen LogP contribution >= 0.6 is 39.0 Å². The fourth-order valence-electron chi connectivity index (χ4n) is 1.77. The van der Waals surface area contributed by atoms with Crippen molar-refractivity contribution in [2.24, 2.45) is 0 Å². The molecule has 22 heavy (non-hydrogen) atoms. The predicted octanol–water partition coefficient (Wildman–Crippen LogP) is 4.25. The van der Waals surface area contributed by atoms with Gasteiger partial charge in [-0.05, 0) is 52.7 Å². The van der Waals surface area contributed by atoms with Crippen LogP contribution in [0.2, 0.25) is 0 Å². The van der Waals surface area contributed by atoms with E-state index in [0.29, 0.717) is 6.54 Å². The number of carbonyl (C=O) groups is 1. The zero-order chi connectivity index (χ0) is 15.8. The highest BCUT2D eigenvalue weighted by molar-refractivity contribution is 9.11. The summed E-state index contributed by atoms with van der Waals surface area (Å²) in [4.78, 5) is 13.0. The van der Waals surface area contributed by atoms with E-state index in [1.807, 2.05) is 43.0 Å². The minimum absolute atomic E-state index is 0.0615. The second-order valence-corrected chi connectivity index (χ2v) is 8.37. The Kier molecular flexibility index (Phi) is 7.29. The fraction of sp³-hybridized carbons (Fsp3) is 0.312. The van der Waals surface area contributed by atoms with Gasteiger partial charge < -0.3 is 10.1 Å². The minimum Gasteiger partial charge on any atom is -0.484 e. The number of thiophene rings is 1.